The molecule has 5 nitrogen and oxygen atoms in total. The van der Waals surface area contributed by atoms with Crippen LogP contribution >= 0.6 is 0 Å². The number of aromatic nitrogens is 2. The maximum atomic E-state index is 13.1. The molecule has 0 saturated heterocycles. The van der Waals surface area contributed by atoms with E-state index in [0.717, 1.165) is 42.1 Å². The van der Waals surface area contributed by atoms with Crippen molar-refractivity contribution >= 4 is 25.0 Å². The Morgan fingerprint density at radius 1 is 1.32 bits per heavy atom. The van der Waals surface area contributed by atoms with Crippen LogP contribution in [0.5, 0.6) is 0 Å². The van der Waals surface area contributed by atoms with E-state index in [-0.39, 0.29) is 37.1 Å². The highest BCUT2D eigenvalue weighted by molar-refractivity contribution is 6.76. The second-order valence-electron chi connectivity index (χ2n) is 10.5. The van der Waals surface area contributed by atoms with E-state index in [2.05, 4.69) is 36.0 Å². The summed E-state index contributed by atoms with van der Waals surface area (Å²) in [6.45, 7) is 8.20. The molecule has 2 saturated carbocycles. The average Bonchev–Trinajstić information content (AvgIpc) is 3.41. The molecule has 0 radical (unpaired) electrons. The molecule has 170 valence electrons. The number of imidazole rings is 1. The highest BCUT2D eigenvalue weighted by Crippen LogP contribution is 2.45. The van der Waals surface area contributed by atoms with E-state index in [0.29, 0.717) is 12.6 Å². The number of amides is 1. The largest absolute Gasteiger partial charge is 0.361 e. The summed E-state index contributed by atoms with van der Waals surface area (Å²) in [5.41, 5.74) is 2.94. The molecule has 1 N–H and O–H groups in total. The van der Waals surface area contributed by atoms with Crippen molar-refractivity contribution in [2.24, 2.45) is 11.8 Å². The number of carbonyl (C=O) groups excluding carboxylic acids is 1. The van der Waals surface area contributed by atoms with Gasteiger partial charge < -0.3 is 14.6 Å². The molecule has 0 aliphatic heterocycles. The van der Waals surface area contributed by atoms with Crippen LogP contribution in [0.2, 0.25) is 25.7 Å². The minimum atomic E-state index is -2.58. The van der Waals surface area contributed by atoms with Crippen LogP contribution in [0.15, 0.2) is 24.5 Å². The lowest BCUT2D eigenvalue weighted by Gasteiger charge is -2.34. The zero-order chi connectivity index (χ0) is 22.2. The fraction of sp³-hybridized carbons (Fsp3) is 0.652. The van der Waals surface area contributed by atoms with Gasteiger partial charge in [-0.15, -0.1) is 0 Å². The Hall–Kier alpha value is -1.80. The lowest BCUT2D eigenvalue weighted by molar-refractivity contribution is -0.134. The van der Waals surface area contributed by atoms with Gasteiger partial charge in [-0.3, -0.25) is 4.79 Å². The molecule has 4 rings (SSSR count). The van der Waals surface area contributed by atoms with Gasteiger partial charge in [0.1, 0.15) is 6.73 Å². The predicted octanol–water partition coefficient (Wildman–Crippen LogP) is 5.35. The molecule has 1 heterocycles. The van der Waals surface area contributed by atoms with Crippen LogP contribution in [0, 0.1) is 11.8 Å². The van der Waals surface area contributed by atoms with Crippen LogP contribution in [0.25, 0.3) is 11.0 Å². The van der Waals surface area contributed by atoms with Crippen molar-refractivity contribution in [2.45, 2.75) is 76.5 Å². The molecule has 8 heteroatoms. The number of rotatable bonds is 10. The summed E-state index contributed by atoms with van der Waals surface area (Å²) < 4.78 is 34.1. The highest BCUT2D eigenvalue weighted by atomic mass is 28.3. The number of hydrogen-bond donors (Lipinski definition) is 1. The molecule has 2 aliphatic rings. The van der Waals surface area contributed by atoms with Gasteiger partial charge >= 0.3 is 0 Å². The first kappa shape index (κ1) is 22.4. The molecule has 2 fully saturated rings. The van der Waals surface area contributed by atoms with E-state index in [4.69, 9.17) is 4.74 Å². The molecule has 0 spiro atoms. The molecule has 1 aromatic carbocycles. The quantitative estimate of drug-likeness (QED) is 0.393. The number of carbonyl (C=O) groups is 1. The van der Waals surface area contributed by atoms with Crippen molar-refractivity contribution in [3.8, 4) is 0 Å². The Morgan fingerprint density at radius 3 is 2.71 bits per heavy atom. The number of ether oxygens (including phenoxy) is 1. The fourth-order valence-corrected chi connectivity index (χ4v) is 4.99. The summed E-state index contributed by atoms with van der Waals surface area (Å²) in [5.74, 6) is -2.50. The lowest BCUT2D eigenvalue weighted by atomic mass is 9.79. The molecule has 2 aliphatic carbocycles. The number of nitrogens with zero attached hydrogens (tertiary/aromatic N) is 2. The van der Waals surface area contributed by atoms with Gasteiger partial charge in [-0.05, 0) is 48.4 Å². The normalized spacial score (nSPS) is 19.9. The van der Waals surface area contributed by atoms with Gasteiger partial charge in [0, 0.05) is 33.9 Å². The van der Waals surface area contributed by atoms with Crippen LogP contribution in [0.1, 0.15) is 43.7 Å². The zero-order valence-electron chi connectivity index (χ0n) is 18.7. The number of alkyl halides is 2. The Labute approximate surface area is 183 Å². The molecule has 2 aromatic rings. The van der Waals surface area contributed by atoms with Gasteiger partial charge in [0.25, 0.3) is 0 Å². The minimum absolute atomic E-state index is 0.0753. The van der Waals surface area contributed by atoms with Crippen molar-refractivity contribution in [3.63, 3.8) is 0 Å². The molecular weight excluding hydrogens is 416 g/mol. The highest BCUT2D eigenvalue weighted by Gasteiger charge is 2.46. The molecular formula is C23H33F2N3O2Si. The van der Waals surface area contributed by atoms with E-state index in [1.165, 1.54) is 0 Å². The summed E-state index contributed by atoms with van der Waals surface area (Å²) in [4.78, 5) is 17.0. The number of halogens is 2. The minimum Gasteiger partial charge on any atom is -0.361 e. The molecule has 1 atom stereocenters. The monoisotopic (exact) mass is 449 g/mol. The van der Waals surface area contributed by atoms with Gasteiger partial charge in [-0.25, -0.2) is 13.8 Å². The van der Waals surface area contributed by atoms with Crippen LogP contribution < -0.4 is 5.32 Å². The smallest absolute Gasteiger partial charge is 0.248 e. The topological polar surface area (TPSA) is 56.1 Å². The van der Waals surface area contributed by atoms with E-state index < -0.39 is 14.0 Å². The fourth-order valence-electron chi connectivity index (χ4n) is 4.24. The number of fused-ring (bicyclic) bond motifs is 1. The summed E-state index contributed by atoms with van der Waals surface area (Å²) in [6, 6.07) is 7.14. The maximum Gasteiger partial charge on any atom is 0.248 e. The SMILES string of the molecule is C[Si](C)(C)CCOCn1cnc2ccc(C(NC(=O)CC3CC(F)(F)C3)C3CC3)cc21. The first-order valence-electron chi connectivity index (χ1n) is 11.3. The van der Waals surface area contributed by atoms with Crippen molar-refractivity contribution in [1.29, 1.82) is 0 Å². The van der Waals surface area contributed by atoms with Crippen LogP contribution in [-0.4, -0.2) is 36.1 Å². The Kier molecular flexibility index (Phi) is 6.22. The van der Waals surface area contributed by atoms with Gasteiger partial charge in [-0.1, -0.05) is 25.7 Å². The van der Waals surface area contributed by atoms with Gasteiger partial charge in [0.2, 0.25) is 11.8 Å². The number of benzene rings is 1. The van der Waals surface area contributed by atoms with E-state index >= 15 is 0 Å². The molecule has 31 heavy (non-hydrogen) atoms. The van der Waals surface area contributed by atoms with Crippen molar-refractivity contribution in [3.05, 3.63) is 30.1 Å². The summed E-state index contributed by atoms with van der Waals surface area (Å²) in [7, 11) is -1.13. The van der Waals surface area contributed by atoms with Crippen LogP contribution in [0.4, 0.5) is 8.78 Å². The van der Waals surface area contributed by atoms with Crippen molar-refractivity contribution < 1.29 is 18.3 Å². The Bertz CT molecular complexity index is 929. The predicted molar refractivity (Wildman–Crippen MR) is 120 cm³/mol. The second-order valence-corrected chi connectivity index (χ2v) is 16.1. The molecule has 1 unspecified atom stereocenters. The summed E-state index contributed by atoms with van der Waals surface area (Å²) in [5, 5.41) is 3.13. The van der Waals surface area contributed by atoms with Crippen molar-refractivity contribution in [1.82, 2.24) is 14.9 Å². The number of nitrogens with one attached hydrogen (secondary N) is 1. The summed E-state index contributed by atoms with van der Waals surface area (Å²) >= 11 is 0. The van der Waals surface area contributed by atoms with Gasteiger partial charge in [-0.2, -0.15) is 0 Å². The summed E-state index contributed by atoms with van der Waals surface area (Å²) in [6.07, 6.45) is 3.79. The molecule has 1 amide bonds. The second kappa shape index (κ2) is 8.62. The van der Waals surface area contributed by atoms with Gasteiger partial charge in [0.05, 0.1) is 23.4 Å². The van der Waals surface area contributed by atoms with E-state index in [1.807, 2.05) is 16.7 Å². The maximum absolute atomic E-state index is 13.1. The van der Waals surface area contributed by atoms with Gasteiger partial charge in [0.15, 0.2) is 0 Å². The lowest BCUT2D eigenvalue weighted by Crippen LogP contribution is -2.39. The van der Waals surface area contributed by atoms with E-state index in [1.54, 1.807) is 6.33 Å². The number of hydrogen-bond acceptors (Lipinski definition) is 3. The van der Waals surface area contributed by atoms with Crippen LogP contribution in [-0.2, 0) is 16.3 Å². The molecule has 0 bridgehead atoms. The first-order chi connectivity index (χ1) is 14.6. The standard InChI is InChI=1S/C23H33F2N3O2Si/c1-31(2,3)9-8-30-15-28-14-26-19-7-6-18(11-20(19)28)22(17-4-5-17)27-21(29)10-16-12-23(24,25)13-16/h6-7,11,14,16-17,22H,4-5,8-10,12-13,15H2,1-3H3,(H,27,29). The third kappa shape index (κ3) is 5.92. The van der Waals surface area contributed by atoms with Crippen LogP contribution in [0.3, 0.4) is 0 Å². The first-order valence-corrected chi connectivity index (χ1v) is 15.0. The average molecular weight is 450 g/mol. The van der Waals surface area contributed by atoms with Crippen molar-refractivity contribution in [2.75, 3.05) is 6.61 Å². The zero-order valence-corrected chi connectivity index (χ0v) is 19.7. The van der Waals surface area contributed by atoms with E-state index in [9.17, 15) is 13.6 Å². The Balaban J connectivity index is 1.41. The Morgan fingerprint density at radius 2 is 2.06 bits per heavy atom. The molecule has 1 aromatic heterocycles. The third-order valence-electron chi connectivity index (χ3n) is 6.29. The third-order valence-corrected chi connectivity index (χ3v) is 7.99.